The Labute approximate surface area is 130 Å². The fraction of sp³-hybridized carbons (Fsp3) is 0.286. The number of carboxylic acid groups (broad SMARTS) is 2. The van der Waals surface area contributed by atoms with Crippen LogP contribution >= 0.6 is 11.8 Å². The largest absolute Gasteiger partial charge is 0.480 e. The number of hydrogen-bond donors (Lipinski definition) is 5. The third-order valence-electron chi connectivity index (χ3n) is 3.24. The maximum Gasteiger partial charge on any atom is 0.321 e. The first-order valence-corrected chi connectivity index (χ1v) is 7.58. The van der Waals surface area contributed by atoms with Crippen LogP contribution in [0.1, 0.15) is 5.56 Å². The predicted octanol–water partition coefficient (Wildman–Crippen LogP) is 0.626. The van der Waals surface area contributed by atoms with Crippen molar-refractivity contribution in [1.82, 2.24) is 4.98 Å². The van der Waals surface area contributed by atoms with Crippen molar-refractivity contribution in [3.8, 4) is 0 Å². The van der Waals surface area contributed by atoms with Gasteiger partial charge in [-0.1, -0.05) is 18.2 Å². The van der Waals surface area contributed by atoms with Gasteiger partial charge >= 0.3 is 11.9 Å². The number of carbonyl (C=O) groups is 2. The number of para-hydroxylation sites is 1. The Balaban J connectivity index is 2.31. The lowest BCUT2D eigenvalue weighted by Gasteiger charge is -2.09. The van der Waals surface area contributed by atoms with Crippen molar-refractivity contribution >= 4 is 34.6 Å². The number of carboxylic acids is 2. The molecule has 0 aliphatic heterocycles. The highest BCUT2D eigenvalue weighted by Gasteiger charge is 2.20. The molecule has 2 unspecified atom stereocenters. The van der Waals surface area contributed by atoms with E-state index in [-0.39, 0.29) is 12.2 Å². The van der Waals surface area contributed by atoms with Crippen LogP contribution in [0.15, 0.2) is 29.3 Å². The zero-order valence-corrected chi connectivity index (χ0v) is 12.5. The molecular weight excluding hydrogens is 306 g/mol. The van der Waals surface area contributed by atoms with Gasteiger partial charge in [0.05, 0.1) is 5.03 Å². The van der Waals surface area contributed by atoms with E-state index in [2.05, 4.69) is 4.98 Å². The quantitative estimate of drug-likeness (QED) is 0.470. The summed E-state index contributed by atoms with van der Waals surface area (Å²) >= 11 is 1.25. The van der Waals surface area contributed by atoms with E-state index >= 15 is 0 Å². The summed E-state index contributed by atoms with van der Waals surface area (Å²) in [4.78, 5) is 25.0. The van der Waals surface area contributed by atoms with Crippen LogP contribution in [0, 0.1) is 0 Å². The average molecular weight is 323 g/mol. The van der Waals surface area contributed by atoms with Crippen molar-refractivity contribution in [1.29, 1.82) is 0 Å². The minimum atomic E-state index is -1.08. The van der Waals surface area contributed by atoms with Gasteiger partial charge in [0, 0.05) is 23.1 Å². The molecule has 0 amide bonds. The highest BCUT2D eigenvalue weighted by Crippen LogP contribution is 2.30. The summed E-state index contributed by atoms with van der Waals surface area (Å²) < 4.78 is 0. The van der Waals surface area contributed by atoms with Gasteiger partial charge in [0.1, 0.15) is 12.1 Å². The molecule has 2 aromatic rings. The highest BCUT2D eigenvalue weighted by molar-refractivity contribution is 7.99. The van der Waals surface area contributed by atoms with E-state index in [1.807, 2.05) is 24.3 Å². The molecule has 0 saturated heterocycles. The summed E-state index contributed by atoms with van der Waals surface area (Å²) in [5.74, 6) is -1.98. The van der Waals surface area contributed by atoms with E-state index in [4.69, 9.17) is 21.7 Å². The Hall–Kier alpha value is -2.03. The predicted molar refractivity (Wildman–Crippen MR) is 83.9 cm³/mol. The topological polar surface area (TPSA) is 142 Å². The van der Waals surface area contributed by atoms with Gasteiger partial charge in [0.2, 0.25) is 0 Å². The SMILES string of the molecule is NC(CSc1[nH]c2ccccc2c1CC(N)C(=O)O)C(=O)O. The Morgan fingerprint density at radius 2 is 1.77 bits per heavy atom. The summed E-state index contributed by atoms with van der Waals surface area (Å²) in [5.41, 5.74) is 12.8. The second-order valence-corrected chi connectivity index (χ2v) is 5.91. The second kappa shape index (κ2) is 6.82. The minimum absolute atomic E-state index is 0.157. The number of thioether (sulfide) groups is 1. The number of H-pyrrole nitrogens is 1. The van der Waals surface area contributed by atoms with E-state index in [0.29, 0.717) is 5.03 Å². The molecule has 0 spiro atoms. The number of benzene rings is 1. The van der Waals surface area contributed by atoms with Crippen LogP contribution in [0.2, 0.25) is 0 Å². The molecule has 0 bridgehead atoms. The third-order valence-corrected chi connectivity index (χ3v) is 4.40. The molecule has 1 aromatic carbocycles. The fourth-order valence-corrected chi connectivity index (χ4v) is 3.09. The van der Waals surface area contributed by atoms with Crippen LogP contribution in [-0.2, 0) is 16.0 Å². The van der Waals surface area contributed by atoms with E-state index < -0.39 is 24.0 Å². The van der Waals surface area contributed by atoms with Crippen LogP contribution in [0.4, 0.5) is 0 Å². The number of aliphatic carboxylic acids is 2. The van der Waals surface area contributed by atoms with E-state index in [1.165, 1.54) is 11.8 Å². The van der Waals surface area contributed by atoms with Gasteiger partial charge in [-0.2, -0.15) is 0 Å². The number of rotatable bonds is 7. The van der Waals surface area contributed by atoms with Gasteiger partial charge < -0.3 is 26.7 Å². The van der Waals surface area contributed by atoms with Crippen LogP contribution in [0.25, 0.3) is 10.9 Å². The zero-order valence-electron chi connectivity index (χ0n) is 11.7. The van der Waals surface area contributed by atoms with E-state index in [9.17, 15) is 9.59 Å². The second-order valence-electron chi connectivity index (χ2n) is 4.88. The Kier molecular flexibility index (Phi) is 5.07. The monoisotopic (exact) mass is 323 g/mol. The first-order chi connectivity index (χ1) is 10.4. The molecule has 1 heterocycles. The molecule has 0 aliphatic carbocycles. The lowest BCUT2D eigenvalue weighted by molar-refractivity contribution is -0.139. The highest BCUT2D eigenvalue weighted by atomic mass is 32.2. The number of fused-ring (bicyclic) bond motifs is 1. The smallest absolute Gasteiger partial charge is 0.321 e. The maximum absolute atomic E-state index is 11.0. The molecule has 2 atom stereocenters. The van der Waals surface area contributed by atoms with Gasteiger partial charge in [-0.25, -0.2) is 0 Å². The van der Waals surface area contributed by atoms with Gasteiger partial charge in [-0.05, 0) is 11.6 Å². The molecule has 1 aromatic heterocycles. The number of nitrogens with two attached hydrogens (primary N) is 2. The van der Waals surface area contributed by atoms with Crippen LogP contribution in [0.3, 0.4) is 0 Å². The number of hydrogen-bond acceptors (Lipinski definition) is 5. The average Bonchev–Trinajstić information content (AvgIpc) is 2.82. The van der Waals surface area contributed by atoms with Crippen molar-refractivity contribution < 1.29 is 19.8 Å². The number of nitrogens with one attached hydrogen (secondary N) is 1. The van der Waals surface area contributed by atoms with Crippen LogP contribution in [-0.4, -0.2) is 45.0 Å². The zero-order chi connectivity index (χ0) is 16.3. The Morgan fingerprint density at radius 1 is 1.14 bits per heavy atom. The molecule has 0 fully saturated rings. The standard InChI is InChI=1S/C14H17N3O4S/c15-9(13(18)19)5-8-7-3-1-2-4-11(7)17-12(8)22-6-10(16)14(20)21/h1-4,9-10,17H,5-6,15-16H2,(H,18,19)(H,20,21). The molecule has 0 radical (unpaired) electrons. The van der Waals surface area contributed by atoms with E-state index in [0.717, 1.165) is 16.5 Å². The van der Waals surface area contributed by atoms with Gasteiger partial charge in [0.15, 0.2) is 0 Å². The number of aromatic nitrogens is 1. The molecule has 22 heavy (non-hydrogen) atoms. The first kappa shape index (κ1) is 16.3. The molecule has 8 heteroatoms. The normalized spacial score (nSPS) is 13.9. The summed E-state index contributed by atoms with van der Waals surface area (Å²) in [6, 6.07) is 5.44. The molecule has 2 rings (SSSR count). The van der Waals surface area contributed by atoms with Crippen molar-refractivity contribution in [2.45, 2.75) is 23.5 Å². The molecule has 0 saturated carbocycles. The fourth-order valence-electron chi connectivity index (χ4n) is 2.05. The Bertz CT molecular complexity index is 700. The maximum atomic E-state index is 11.0. The van der Waals surface area contributed by atoms with Gasteiger partial charge in [-0.15, -0.1) is 11.8 Å². The Morgan fingerprint density at radius 3 is 2.41 bits per heavy atom. The van der Waals surface area contributed by atoms with Crippen LogP contribution < -0.4 is 11.5 Å². The summed E-state index contributed by atoms with van der Waals surface area (Å²) in [6.45, 7) is 0. The minimum Gasteiger partial charge on any atom is -0.480 e. The molecule has 0 aliphatic rings. The van der Waals surface area contributed by atoms with Crippen molar-refractivity contribution in [2.24, 2.45) is 11.5 Å². The van der Waals surface area contributed by atoms with Gasteiger partial charge in [0.25, 0.3) is 0 Å². The lowest BCUT2D eigenvalue weighted by Crippen LogP contribution is -2.33. The van der Waals surface area contributed by atoms with E-state index in [1.54, 1.807) is 0 Å². The summed E-state index contributed by atoms with van der Waals surface area (Å²) in [5, 5.41) is 19.4. The molecular formula is C14H17N3O4S. The summed E-state index contributed by atoms with van der Waals surface area (Å²) in [6.07, 6.45) is 0.157. The van der Waals surface area contributed by atoms with Crippen molar-refractivity contribution in [2.75, 3.05) is 5.75 Å². The van der Waals surface area contributed by atoms with Crippen molar-refractivity contribution in [3.63, 3.8) is 0 Å². The van der Waals surface area contributed by atoms with Gasteiger partial charge in [-0.3, -0.25) is 9.59 Å². The van der Waals surface area contributed by atoms with Crippen LogP contribution in [0.5, 0.6) is 0 Å². The summed E-state index contributed by atoms with van der Waals surface area (Å²) in [7, 11) is 0. The van der Waals surface area contributed by atoms with Crippen molar-refractivity contribution in [3.05, 3.63) is 29.8 Å². The number of aromatic amines is 1. The lowest BCUT2D eigenvalue weighted by atomic mass is 10.1. The molecule has 118 valence electrons. The first-order valence-electron chi connectivity index (χ1n) is 6.59. The third kappa shape index (κ3) is 3.59. The molecule has 7 N–H and O–H groups in total. The molecule has 7 nitrogen and oxygen atoms in total.